The Morgan fingerprint density at radius 3 is 2.61 bits per heavy atom. The molecule has 0 spiro atoms. The maximum Gasteiger partial charge on any atom is 0.0775 e. The lowest BCUT2D eigenvalue weighted by Gasteiger charge is -2.39. The Morgan fingerprint density at radius 1 is 1.39 bits per heavy atom. The molecule has 1 rings (SSSR count). The van der Waals surface area contributed by atoms with Gasteiger partial charge in [0.05, 0.1) is 14.0 Å². The Labute approximate surface area is 114 Å². The van der Waals surface area contributed by atoms with Crippen molar-refractivity contribution in [2.75, 3.05) is 13.2 Å². The van der Waals surface area contributed by atoms with E-state index in [0.29, 0.717) is 31.0 Å². The molecule has 18 heavy (non-hydrogen) atoms. The van der Waals surface area contributed by atoms with Gasteiger partial charge in [-0.1, -0.05) is 34.1 Å². The van der Waals surface area contributed by atoms with Crippen LogP contribution in [0.15, 0.2) is 0 Å². The van der Waals surface area contributed by atoms with E-state index >= 15 is 0 Å². The second-order valence-corrected chi connectivity index (χ2v) is 6.80. The SMILES string of the molecule is [B]C(C)(CCO)COC1CC(C)CCC1C(C)C. The smallest absolute Gasteiger partial charge is 0.0775 e. The van der Waals surface area contributed by atoms with Crippen LogP contribution in [0.25, 0.3) is 0 Å². The van der Waals surface area contributed by atoms with Crippen molar-refractivity contribution < 1.29 is 9.84 Å². The number of aliphatic hydroxyl groups is 1. The van der Waals surface area contributed by atoms with Gasteiger partial charge in [-0.15, -0.1) is 0 Å². The van der Waals surface area contributed by atoms with E-state index in [4.69, 9.17) is 17.7 Å². The van der Waals surface area contributed by atoms with Crippen LogP contribution in [0.1, 0.15) is 53.4 Å². The van der Waals surface area contributed by atoms with Crippen molar-refractivity contribution >= 4 is 7.85 Å². The van der Waals surface area contributed by atoms with Crippen molar-refractivity contribution in [3.63, 3.8) is 0 Å². The van der Waals surface area contributed by atoms with Crippen molar-refractivity contribution in [1.82, 2.24) is 0 Å². The molecule has 0 bridgehead atoms. The van der Waals surface area contributed by atoms with E-state index in [0.717, 1.165) is 12.3 Å². The third-order valence-corrected chi connectivity index (χ3v) is 4.27. The number of ether oxygens (including phenoxy) is 1. The van der Waals surface area contributed by atoms with Crippen molar-refractivity contribution in [3.8, 4) is 0 Å². The van der Waals surface area contributed by atoms with Crippen LogP contribution in [-0.2, 0) is 4.74 Å². The van der Waals surface area contributed by atoms with Gasteiger partial charge in [-0.3, -0.25) is 0 Å². The van der Waals surface area contributed by atoms with Gasteiger partial charge in [0.1, 0.15) is 0 Å². The van der Waals surface area contributed by atoms with Crippen LogP contribution in [0.5, 0.6) is 0 Å². The van der Waals surface area contributed by atoms with Gasteiger partial charge < -0.3 is 9.84 Å². The number of rotatable bonds is 6. The Morgan fingerprint density at radius 2 is 2.06 bits per heavy atom. The minimum Gasteiger partial charge on any atom is -0.396 e. The Bertz CT molecular complexity index is 241. The summed E-state index contributed by atoms with van der Waals surface area (Å²) in [4.78, 5) is 0. The summed E-state index contributed by atoms with van der Waals surface area (Å²) >= 11 is 0. The number of hydrogen-bond acceptors (Lipinski definition) is 2. The average molecular weight is 252 g/mol. The third-order valence-electron chi connectivity index (χ3n) is 4.27. The van der Waals surface area contributed by atoms with Gasteiger partial charge >= 0.3 is 0 Å². The van der Waals surface area contributed by atoms with Gasteiger partial charge in [-0.2, -0.15) is 0 Å². The third kappa shape index (κ3) is 4.93. The molecule has 4 unspecified atom stereocenters. The van der Waals surface area contributed by atoms with Crippen LogP contribution in [0.3, 0.4) is 0 Å². The highest BCUT2D eigenvalue weighted by Gasteiger charge is 2.32. The standard InChI is InChI=1S/C15H29BO2/c1-11(2)13-6-5-12(3)9-14(13)18-10-15(4,16)7-8-17/h11-14,17H,5-10H2,1-4H3. The molecule has 0 heterocycles. The molecule has 0 saturated heterocycles. The lowest BCUT2D eigenvalue weighted by molar-refractivity contribution is -0.0486. The first-order valence-electron chi connectivity index (χ1n) is 7.37. The van der Waals surface area contributed by atoms with Crippen molar-refractivity contribution in [1.29, 1.82) is 0 Å². The van der Waals surface area contributed by atoms with E-state index in [2.05, 4.69) is 20.8 Å². The minimum absolute atomic E-state index is 0.130. The summed E-state index contributed by atoms with van der Waals surface area (Å²) in [5.74, 6) is 2.09. The molecule has 1 N–H and O–H groups in total. The second-order valence-electron chi connectivity index (χ2n) is 6.80. The van der Waals surface area contributed by atoms with Gasteiger partial charge in [-0.05, 0) is 42.3 Å². The topological polar surface area (TPSA) is 29.5 Å². The highest BCUT2D eigenvalue weighted by molar-refractivity contribution is 6.15. The first-order valence-corrected chi connectivity index (χ1v) is 7.37. The summed E-state index contributed by atoms with van der Waals surface area (Å²) in [7, 11) is 6.12. The van der Waals surface area contributed by atoms with Crippen molar-refractivity contribution in [2.45, 2.75) is 64.8 Å². The van der Waals surface area contributed by atoms with E-state index in [1.807, 2.05) is 6.92 Å². The van der Waals surface area contributed by atoms with Crippen molar-refractivity contribution in [3.05, 3.63) is 0 Å². The summed E-state index contributed by atoms with van der Waals surface area (Å²) in [6, 6.07) is 0. The predicted molar refractivity (Wildman–Crippen MR) is 76.9 cm³/mol. The molecule has 4 atom stereocenters. The molecule has 2 radical (unpaired) electrons. The fourth-order valence-electron chi connectivity index (χ4n) is 2.93. The lowest BCUT2D eigenvalue weighted by Crippen LogP contribution is -2.36. The molecule has 3 heteroatoms. The second kappa shape index (κ2) is 6.95. The van der Waals surface area contributed by atoms with Crippen LogP contribution < -0.4 is 0 Å². The highest BCUT2D eigenvalue weighted by Crippen LogP contribution is 2.37. The maximum atomic E-state index is 8.99. The zero-order valence-electron chi connectivity index (χ0n) is 12.5. The van der Waals surface area contributed by atoms with E-state index in [-0.39, 0.29) is 6.61 Å². The minimum atomic E-state index is -0.406. The quantitative estimate of drug-likeness (QED) is 0.735. The highest BCUT2D eigenvalue weighted by atomic mass is 16.5. The molecule has 1 fully saturated rings. The molecule has 0 aromatic heterocycles. The Balaban J connectivity index is 2.50. The zero-order valence-corrected chi connectivity index (χ0v) is 12.5. The van der Waals surface area contributed by atoms with Crippen molar-refractivity contribution in [2.24, 2.45) is 17.8 Å². The van der Waals surface area contributed by atoms with Gasteiger partial charge in [0.15, 0.2) is 0 Å². The average Bonchev–Trinajstić information content (AvgIpc) is 2.26. The Kier molecular flexibility index (Phi) is 6.20. The molecule has 104 valence electrons. The molecule has 0 aliphatic heterocycles. The predicted octanol–water partition coefficient (Wildman–Crippen LogP) is 3.19. The molecule has 1 aliphatic carbocycles. The summed E-state index contributed by atoms with van der Waals surface area (Å²) < 4.78 is 6.11. The molecule has 0 aromatic carbocycles. The monoisotopic (exact) mass is 252 g/mol. The number of aliphatic hydroxyl groups excluding tert-OH is 1. The number of hydrogen-bond donors (Lipinski definition) is 1. The normalized spacial score (nSPS) is 32.4. The van der Waals surface area contributed by atoms with Crippen LogP contribution >= 0.6 is 0 Å². The maximum absolute atomic E-state index is 8.99. The molecular weight excluding hydrogens is 223 g/mol. The summed E-state index contributed by atoms with van der Waals surface area (Å²) in [5.41, 5.74) is 0. The molecule has 1 saturated carbocycles. The summed E-state index contributed by atoms with van der Waals surface area (Å²) in [6.45, 7) is 9.51. The zero-order chi connectivity index (χ0) is 13.8. The molecule has 0 aromatic rings. The fourth-order valence-corrected chi connectivity index (χ4v) is 2.93. The van der Waals surface area contributed by atoms with Gasteiger partial charge in [0.2, 0.25) is 0 Å². The first kappa shape index (κ1) is 16.0. The van der Waals surface area contributed by atoms with E-state index in [9.17, 15) is 0 Å². The Hall–Kier alpha value is -0.0151. The largest absolute Gasteiger partial charge is 0.396 e. The molecular formula is C15H29BO2. The molecule has 2 nitrogen and oxygen atoms in total. The summed E-state index contributed by atoms with van der Waals surface area (Å²) in [5, 5.41) is 8.58. The lowest BCUT2D eigenvalue weighted by atomic mass is 9.69. The van der Waals surface area contributed by atoms with Gasteiger partial charge in [0.25, 0.3) is 0 Å². The van der Waals surface area contributed by atoms with E-state index in [1.54, 1.807) is 0 Å². The van der Waals surface area contributed by atoms with Crippen LogP contribution in [0.2, 0.25) is 5.31 Å². The molecule has 0 amide bonds. The van der Waals surface area contributed by atoms with Gasteiger partial charge in [-0.25, -0.2) is 0 Å². The van der Waals surface area contributed by atoms with Crippen LogP contribution in [0.4, 0.5) is 0 Å². The van der Waals surface area contributed by atoms with E-state index in [1.165, 1.54) is 12.8 Å². The van der Waals surface area contributed by atoms with Crippen LogP contribution in [-0.4, -0.2) is 32.3 Å². The van der Waals surface area contributed by atoms with Gasteiger partial charge in [0, 0.05) is 13.2 Å². The van der Waals surface area contributed by atoms with E-state index < -0.39 is 5.31 Å². The first-order chi connectivity index (χ1) is 8.35. The van der Waals surface area contributed by atoms with Crippen LogP contribution in [0, 0.1) is 17.8 Å². The fraction of sp³-hybridized carbons (Fsp3) is 1.00. The molecule has 1 aliphatic rings. The summed E-state index contributed by atoms with van der Waals surface area (Å²) in [6.07, 6.45) is 4.68.